The van der Waals surface area contributed by atoms with Crippen LogP contribution < -0.4 is 9.47 Å². The molecule has 20 heavy (non-hydrogen) atoms. The summed E-state index contributed by atoms with van der Waals surface area (Å²) in [7, 11) is 7.73. The Morgan fingerprint density at radius 1 is 1.20 bits per heavy atom. The van der Waals surface area contributed by atoms with Crippen molar-refractivity contribution in [1.82, 2.24) is 9.47 Å². The topological polar surface area (TPSA) is 26.6 Å². The fraction of sp³-hybridized carbons (Fsp3) is 0.500. The van der Waals surface area contributed by atoms with Gasteiger partial charge >= 0.3 is 0 Å². The van der Waals surface area contributed by atoms with Crippen LogP contribution in [0.15, 0.2) is 24.4 Å². The molecule has 0 bridgehead atoms. The average Bonchev–Trinajstić information content (AvgIpc) is 3.13. The van der Waals surface area contributed by atoms with Gasteiger partial charge in [0.05, 0.1) is 19.7 Å². The Labute approximate surface area is 119 Å². The van der Waals surface area contributed by atoms with Gasteiger partial charge in [0.25, 0.3) is 0 Å². The summed E-state index contributed by atoms with van der Waals surface area (Å²) in [6, 6.07) is 6.14. The van der Waals surface area contributed by atoms with Gasteiger partial charge in [-0.15, -0.1) is 0 Å². The summed E-state index contributed by atoms with van der Waals surface area (Å²) in [4.78, 5) is 2.34. The average molecular weight is 274 g/mol. The minimum absolute atomic E-state index is 0.316. The van der Waals surface area contributed by atoms with Gasteiger partial charge in [-0.1, -0.05) is 0 Å². The Kier molecular flexibility index (Phi) is 3.13. The van der Waals surface area contributed by atoms with Gasteiger partial charge in [-0.25, -0.2) is 0 Å². The Morgan fingerprint density at radius 2 is 1.95 bits per heavy atom. The zero-order chi connectivity index (χ0) is 14.3. The highest BCUT2D eigenvalue weighted by Crippen LogP contribution is 2.43. The highest BCUT2D eigenvalue weighted by molar-refractivity contribution is 5.87. The largest absolute Gasteiger partial charge is 0.497 e. The van der Waals surface area contributed by atoms with E-state index in [0.717, 1.165) is 28.9 Å². The monoisotopic (exact) mass is 274 g/mol. The molecule has 2 aromatic rings. The molecule has 4 nitrogen and oxygen atoms in total. The maximum Gasteiger partial charge on any atom is 0.146 e. The predicted octanol–water partition coefficient (Wildman–Crippen LogP) is 2.75. The molecule has 3 rings (SSSR count). The van der Waals surface area contributed by atoms with E-state index in [4.69, 9.17) is 9.47 Å². The van der Waals surface area contributed by atoms with Gasteiger partial charge in [-0.2, -0.15) is 0 Å². The van der Waals surface area contributed by atoms with Gasteiger partial charge in [0.1, 0.15) is 11.5 Å². The summed E-state index contributed by atoms with van der Waals surface area (Å²) >= 11 is 0. The van der Waals surface area contributed by atoms with Gasteiger partial charge in [0.15, 0.2) is 0 Å². The molecular formula is C16H22N2O2. The van der Waals surface area contributed by atoms with Crippen LogP contribution in [0.3, 0.4) is 0 Å². The molecule has 4 heteroatoms. The summed E-state index contributed by atoms with van der Waals surface area (Å²) in [5, 5.41) is 1.16. The lowest BCUT2D eigenvalue weighted by Crippen LogP contribution is -2.34. The van der Waals surface area contributed by atoms with Crippen molar-refractivity contribution in [2.75, 3.05) is 28.3 Å². The molecule has 0 spiro atoms. The van der Waals surface area contributed by atoms with Crippen LogP contribution in [0.4, 0.5) is 0 Å². The molecular weight excluding hydrogens is 252 g/mol. The maximum atomic E-state index is 5.55. The van der Waals surface area contributed by atoms with Crippen LogP contribution >= 0.6 is 0 Å². The van der Waals surface area contributed by atoms with Crippen molar-refractivity contribution < 1.29 is 9.47 Å². The van der Waals surface area contributed by atoms with E-state index in [-0.39, 0.29) is 0 Å². The number of aromatic nitrogens is 1. The molecule has 1 saturated carbocycles. The zero-order valence-corrected chi connectivity index (χ0v) is 12.6. The van der Waals surface area contributed by atoms with E-state index >= 15 is 0 Å². The van der Waals surface area contributed by atoms with Gasteiger partial charge in [-0.05, 0) is 39.1 Å². The number of likely N-dealkylation sites (N-methyl/N-ethyl adjacent to an activating group) is 1. The molecule has 0 unspecified atom stereocenters. The van der Waals surface area contributed by atoms with Crippen molar-refractivity contribution in [3.8, 4) is 11.5 Å². The fourth-order valence-corrected chi connectivity index (χ4v) is 2.90. The number of methoxy groups -OCH3 is 2. The molecule has 1 heterocycles. The number of hydrogen-bond acceptors (Lipinski definition) is 3. The molecule has 0 amide bonds. The SMILES string of the molecule is COc1cc(OC)c2c(ccn2CC2(N(C)C)CC2)c1. The van der Waals surface area contributed by atoms with E-state index in [0.29, 0.717) is 5.54 Å². The second kappa shape index (κ2) is 4.70. The number of fused-ring (bicyclic) bond motifs is 1. The van der Waals surface area contributed by atoms with E-state index < -0.39 is 0 Å². The third-order valence-electron chi connectivity index (χ3n) is 4.50. The van der Waals surface area contributed by atoms with Gasteiger partial charge < -0.3 is 18.9 Å². The first-order chi connectivity index (χ1) is 9.59. The van der Waals surface area contributed by atoms with Crippen LogP contribution in [0.25, 0.3) is 10.9 Å². The molecule has 0 N–H and O–H groups in total. The molecule has 1 aromatic carbocycles. The fourth-order valence-electron chi connectivity index (χ4n) is 2.90. The lowest BCUT2D eigenvalue weighted by molar-refractivity contribution is 0.243. The number of rotatable bonds is 5. The number of benzene rings is 1. The third kappa shape index (κ3) is 2.04. The Morgan fingerprint density at radius 3 is 2.50 bits per heavy atom. The summed E-state index contributed by atoms with van der Waals surface area (Å²) in [6.07, 6.45) is 4.67. The van der Waals surface area contributed by atoms with E-state index in [1.54, 1.807) is 14.2 Å². The quantitative estimate of drug-likeness (QED) is 0.838. The lowest BCUT2D eigenvalue weighted by atomic mass is 10.2. The first-order valence-electron chi connectivity index (χ1n) is 6.98. The normalized spacial score (nSPS) is 16.6. The lowest BCUT2D eigenvalue weighted by Gasteiger charge is -2.25. The highest BCUT2D eigenvalue weighted by atomic mass is 16.5. The molecule has 108 valence electrons. The molecule has 1 aromatic heterocycles. The molecule has 0 atom stereocenters. The summed E-state index contributed by atoms with van der Waals surface area (Å²) < 4.78 is 13.2. The van der Waals surface area contributed by atoms with Crippen LogP contribution in [0.2, 0.25) is 0 Å². The molecule has 0 radical (unpaired) electrons. The molecule has 0 aliphatic heterocycles. The van der Waals surface area contributed by atoms with Crippen molar-refractivity contribution in [1.29, 1.82) is 0 Å². The second-order valence-corrected chi connectivity index (χ2v) is 5.83. The first kappa shape index (κ1) is 13.3. The standard InChI is InChI=1S/C16H22N2O2/c1-17(2)16(6-7-16)11-18-8-5-12-9-13(19-3)10-14(20-4)15(12)18/h5,8-10H,6-7,11H2,1-4H3. The first-order valence-corrected chi connectivity index (χ1v) is 6.98. The van der Waals surface area contributed by atoms with Gasteiger partial charge in [-0.3, -0.25) is 0 Å². The van der Waals surface area contributed by atoms with Crippen LogP contribution in [0, 0.1) is 0 Å². The Hall–Kier alpha value is -1.68. The number of nitrogens with zero attached hydrogens (tertiary/aromatic N) is 2. The van der Waals surface area contributed by atoms with E-state index in [1.165, 1.54) is 12.8 Å². The van der Waals surface area contributed by atoms with Crippen LogP contribution in [0.5, 0.6) is 11.5 Å². The summed E-state index contributed by atoms with van der Waals surface area (Å²) in [5.74, 6) is 1.71. The third-order valence-corrected chi connectivity index (χ3v) is 4.50. The Balaban J connectivity index is 2.04. The number of hydrogen-bond donors (Lipinski definition) is 0. The molecule has 0 saturated heterocycles. The highest BCUT2D eigenvalue weighted by Gasteiger charge is 2.45. The zero-order valence-electron chi connectivity index (χ0n) is 12.6. The van der Waals surface area contributed by atoms with Crippen LogP contribution in [0.1, 0.15) is 12.8 Å². The second-order valence-electron chi connectivity index (χ2n) is 5.83. The van der Waals surface area contributed by atoms with Gasteiger partial charge in [0, 0.05) is 29.7 Å². The Bertz CT molecular complexity index is 627. The van der Waals surface area contributed by atoms with E-state index in [2.05, 4.69) is 41.9 Å². The van der Waals surface area contributed by atoms with Crippen LogP contribution in [-0.2, 0) is 6.54 Å². The number of ether oxygens (including phenoxy) is 2. The summed E-state index contributed by atoms with van der Waals surface area (Å²) in [5.41, 5.74) is 1.47. The van der Waals surface area contributed by atoms with Gasteiger partial charge in [0.2, 0.25) is 0 Å². The van der Waals surface area contributed by atoms with Crippen molar-refractivity contribution in [3.63, 3.8) is 0 Å². The van der Waals surface area contributed by atoms with E-state index in [9.17, 15) is 0 Å². The van der Waals surface area contributed by atoms with Crippen LogP contribution in [-0.4, -0.2) is 43.3 Å². The molecule has 1 aliphatic carbocycles. The maximum absolute atomic E-state index is 5.55. The summed E-state index contributed by atoms with van der Waals surface area (Å²) in [6.45, 7) is 1.01. The van der Waals surface area contributed by atoms with Crippen molar-refractivity contribution in [3.05, 3.63) is 24.4 Å². The van der Waals surface area contributed by atoms with Crippen molar-refractivity contribution >= 4 is 10.9 Å². The minimum atomic E-state index is 0.316. The minimum Gasteiger partial charge on any atom is -0.497 e. The molecule has 1 aliphatic rings. The predicted molar refractivity (Wildman–Crippen MR) is 80.7 cm³/mol. The van der Waals surface area contributed by atoms with Crippen molar-refractivity contribution in [2.45, 2.75) is 24.9 Å². The smallest absolute Gasteiger partial charge is 0.146 e. The molecule has 1 fully saturated rings. The van der Waals surface area contributed by atoms with E-state index in [1.807, 2.05) is 6.07 Å². The van der Waals surface area contributed by atoms with Crippen molar-refractivity contribution in [2.24, 2.45) is 0 Å².